The van der Waals surface area contributed by atoms with Crippen LogP contribution < -0.4 is 10.1 Å². The zero-order valence-corrected chi connectivity index (χ0v) is 13.1. The first-order valence-electron chi connectivity index (χ1n) is 7.63. The van der Waals surface area contributed by atoms with Crippen LogP contribution in [0.2, 0.25) is 0 Å². The molecule has 1 aliphatic rings. The summed E-state index contributed by atoms with van der Waals surface area (Å²) in [7, 11) is 0. The van der Waals surface area contributed by atoms with E-state index < -0.39 is 0 Å². The van der Waals surface area contributed by atoms with E-state index in [0.29, 0.717) is 25.6 Å². The van der Waals surface area contributed by atoms with Crippen molar-refractivity contribution in [1.29, 1.82) is 0 Å². The highest BCUT2D eigenvalue weighted by molar-refractivity contribution is 5.77. The lowest BCUT2D eigenvalue weighted by Gasteiger charge is -2.27. The van der Waals surface area contributed by atoms with Gasteiger partial charge in [0.05, 0.1) is 12.1 Å². The Morgan fingerprint density at radius 1 is 1.38 bits per heavy atom. The summed E-state index contributed by atoms with van der Waals surface area (Å²) in [6.07, 6.45) is 1.53. The van der Waals surface area contributed by atoms with Crippen LogP contribution in [-0.2, 0) is 15.1 Å². The zero-order chi connectivity index (χ0) is 15.3. The van der Waals surface area contributed by atoms with Gasteiger partial charge in [-0.15, -0.1) is 0 Å². The lowest BCUT2D eigenvalue weighted by atomic mass is 9.93. The number of hydrogen-bond acceptors (Lipinski definition) is 3. The van der Waals surface area contributed by atoms with Crippen LogP contribution in [0.15, 0.2) is 24.3 Å². The minimum Gasteiger partial charge on any atom is -0.494 e. The standard InChI is InChI=1S/C17H25NO3/c1-4-21-15-7-5-14(6-8-15)17(2,3)18-16(19)11-13-9-10-20-12-13/h5-8,13H,4,9-12H2,1-3H3,(H,18,19)/t13-/m1/s1. The van der Waals surface area contributed by atoms with Gasteiger partial charge in [-0.2, -0.15) is 0 Å². The molecule has 0 radical (unpaired) electrons. The molecular formula is C17H25NO3. The van der Waals surface area contributed by atoms with Crippen molar-refractivity contribution in [2.45, 2.75) is 39.2 Å². The second-order valence-electron chi connectivity index (χ2n) is 6.06. The third-order valence-corrected chi connectivity index (χ3v) is 3.84. The normalized spacial score (nSPS) is 18.5. The molecular weight excluding hydrogens is 266 g/mol. The van der Waals surface area contributed by atoms with Crippen LogP contribution in [0.1, 0.15) is 39.2 Å². The molecule has 4 nitrogen and oxygen atoms in total. The molecule has 1 atom stereocenters. The molecule has 21 heavy (non-hydrogen) atoms. The molecule has 1 fully saturated rings. The highest BCUT2D eigenvalue weighted by Gasteiger charge is 2.25. The van der Waals surface area contributed by atoms with Gasteiger partial charge < -0.3 is 14.8 Å². The fourth-order valence-corrected chi connectivity index (χ4v) is 2.61. The zero-order valence-electron chi connectivity index (χ0n) is 13.1. The summed E-state index contributed by atoms with van der Waals surface area (Å²) in [5.74, 6) is 1.30. The van der Waals surface area contributed by atoms with E-state index in [4.69, 9.17) is 9.47 Å². The van der Waals surface area contributed by atoms with Gasteiger partial charge >= 0.3 is 0 Å². The molecule has 1 aromatic carbocycles. The summed E-state index contributed by atoms with van der Waals surface area (Å²) in [4.78, 5) is 12.2. The first-order chi connectivity index (χ1) is 10.0. The monoisotopic (exact) mass is 291 g/mol. The quantitative estimate of drug-likeness (QED) is 0.876. The van der Waals surface area contributed by atoms with Crippen LogP contribution in [0.5, 0.6) is 5.75 Å². The lowest BCUT2D eigenvalue weighted by molar-refractivity contribution is -0.123. The SMILES string of the molecule is CCOc1ccc(C(C)(C)NC(=O)C[C@H]2CCOC2)cc1. The summed E-state index contributed by atoms with van der Waals surface area (Å²) in [6.45, 7) is 8.14. The molecule has 1 saturated heterocycles. The van der Waals surface area contributed by atoms with Gasteiger partial charge in [0.15, 0.2) is 0 Å². The number of rotatable bonds is 6. The molecule has 0 saturated carbocycles. The fraction of sp³-hybridized carbons (Fsp3) is 0.588. The predicted molar refractivity (Wildman–Crippen MR) is 82.3 cm³/mol. The number of amides is 1. The van der Waals surface area contributed by atoms with Gasteiger partial charge in [-0.3, -0.25) is 4.79 Å². The number of carbonyl (C=O) groups is 1. The Morgan fingerprint density at radius 3 is 2.67 bits per heavy atom. The van der Waals surface area contributed by atoms with Gasteiger partial charge in [-0.05, 0) is 50.8 Å². The Bertz CT molecular complexity index is 461. The van der Waals surface area contributed by atoms with Gasteiger partial charge in [0.2, 0.25) is 5.91 Å². The van der Waals surface area contributed by atoms with Crippen LogP contribution in [0.4, 0.5) is 0 Å². The van der Waals surface area contributed by atoms with Crippen molar-refractivity contribution in [3.8, 4) is 5.75 Å². The smallest absolute Gasteiger partial charge is 0.221 e. The van der Waals surface area contributed by atoms with Crippen molar-refractivity contribution in [2.24, 2.45) is 5.92 Å². The Balaban J connectivity index is 1.94. The number of nitrogens with one attached hydrogen (secondary N) is 1. The molecule has 2 rings (SSSR count). The van der Waals surface area contributed by atoms with E-state index >= 15 is 0 Å². The minimum absolute atomic E-state index is 0.0874. The van der Waals surface area contributed by atoms with E-state index in [0.717, 1.165) is 24.3 Å². The molecule has 0 aliphatic carbocycles. The lowest BCUT2D eigenvalue weighted by Crippen LogP contribution is -2.41. The number of ether oxygens (including phenoxy) is 2. The third-order valence-electron chi connectivity index (χ3n) is 3.84. The average molecular weight is 291 g/mol. The van der Waals surface area contributed by atoms with Crippen LogP contribution in [0, 0.1) is 5.92 Å². The first kappa shape index (κ1) is 15.8. The maximum absolute atomic E-state index is 12.2. The minimum atomic E-state index is -0.388. The molecule has 0 aromatic heterocycles. The summed E-state index contributed by atoms with van der Waals surface area (Å²) < 4.78 is 10.8. The molecule has 1 N–H and O–H groups in total. The van der Waals surface area contributed by atoms with E-state index in [1.165, 1.54) is 0 Å². The Kier molecular flexibility index (Phi) is 5.23. The van der Waals surface area contributed by atoms with Crippen LogP contribution in [-0.4, -0.2) is 25.7 Å². The molecule has 1 heterocycles. The number of carbonyl (C=O) groups excluding carboxylic acids is 1. The first-order valence-corrected chi connectivity index (χ1v) is 7.63. The van der Waals surface area contributed by atoms with Crippen LogP contribution in [0.3, 0.4) is 0 Å². The fourth-order valence-electron chi connectivity index (χ4n) is 2.61. The Labute approximate surface area is 126 Å². The van der Waals surface area contributed by atoms with E-state index in [9.17, 15) is 4.79 Å². The van der Waals surface area contributed by atoms with Gasteiger partial charge in [-0.25, -0.2) is 0 Å². The van der Waals surface area contributed by atoms with Gasteiger partial charge in [0.25, 0.3) is 0 Å². The third kappa shape index (κ3) is 4.46. The largest absolute Gasteiger partial charge is 0.494 e. The Morgan fingerprint density at radius 2 is 2.10 bits per heavy atom. The van der Waals surface area contributed by atoms with Crippen molar-refractivity contribution in [3.63, 3.8) is 0 Å². The maximum atomic E-state index is 12.2. The molecule has 0 spiro atoms. The van der Waals surface area contributed by atoms with Crippen molar-refractivity contribution >= 4 is 5.91 Å². The molecule has 1 aliphatic heterocycles. The summed E-state index contributed by atoms with van der Waals surface area (Å²) in [5.41, 5.74) is 0.684. The van der Waals surface area contributed by atoms with E-state index in [1.807, 2.05) is 45.0 Å². The van der Waals surface area contributed by atoms with Crippen molar-refractivity contribution < 1.29 is 14.3 Å². The molecule has 4 heteroatoms. The highest BCUT2D eigenvalue weighted by atomic mass is 16.5. The van der Waals surface area contributed by atoms with Crippen LogP contribution >= 0.6 is 0 Å². The van der Waals surface area contributed by atoms with Crippen molar-refractivity contribution in [3.05, 3.63) is 29.8 Å². The summed E-state index contributed by atoms with van der Waals surface area (Å²) >= 11 is 0. The predicted octanol–water partition coefficient (Wildman–Crippen LogP) is 2.86. The maximum Gasteiger partial charge on any atom is 0.221 e. The van der Waals surface area contributed by atoms with Crippen molar-refractivity contribution in [1.82, 2.24) is 5.32 Å². The summed E-state index contributed by atoms with van der Waals surface area (Å²) in [6, 6.07) is 7.89. The topological polar surface area (TPSA) is 47.6 Å². The molecule has 0 bridgehead atoms. The molecule has 116 valence electrons. The second-order valence-corrected chi connectivity index (χ2v) is 6.06. The number of benzene rings is 1. The van der Waals surface area contributed by atoms with Crippen LogP contribution in [0.25, 0.3) is 0 Å². The van der Waals surface area contributed by atoms with E-state index in [-0.39, 0.29) is 11.4 Å². The van der Waals surface area contributed by atoms with E-state index in [2.05, 4.69) is 5.32 Å². The second kappa shape index (κ2) is 6.94. The van der Waals surface area contributed by atoms with Crippen molar-refractivity contribution in [2.75, 3.05) is 19.8 Å². The summed E-state index contributed by atoms with van der Waals surface area (Å²) in [5, 5.41) is 3.12. The van der Waals surface area contributed by atoms with Gasteiger partial charge in [0, 0.05) is 19.6 Å². The molecule has 1 amide bonds. The van der Waals surface area contributed by atoms with Gasteiger partial charge in [0.1, 0.15) is 5.75 Å². The molecule has 0 unspecified atom stereocenters. The number of hydrogen-bond donors (Lipinski definition) is 1. The molecule has 1 aromatic rings. The van der Waals surface area contributed by atoms with Gasteiger partial charge in [-0.1, -0.05) is 12.1 Å². The Hall–Kier alpha value is -1.55. The highest BCUT2D eigenvalue weighted by Crippen LogP contribution is 2.24. The average Bonchev–Trinajstić information content (AvgIpc) is 2.92. The van der Waals surface area contributed by atoms with E-state index in [1.54, 1.807) is 0 Å².